The lowest BCUT2D eigenvalue weighted by Gasteiger charge is -2.36. The molecule has 0 aromatic heterocycles. The lowest BCUT2D eigenvalue weighted by molar-refractivity contribution is -0.384. The molecule has 0 aliphatic carbocycles. The highest BCUT2D eigenvalue weighted by molar-refractivity contribution is 5.91. The minimum atomic E-state index is -0.399. The van der Waals surface area contributed by atoms with E-state index in [1.165, 1.54) is 12.1 Å². The monoisotopic (exact) mass is 396 g/mol. The van der Waals surface area contributed by atoms with Crippen LogP contribution in [-0.2, 0) is 5.41 Å². The molecule has 29 heavy (non-hydrogen) atoms. The highest BCUT2D eigenvalue weighted by Crippen LogP contribution is 2.32. The van der Waals surface area contributed by atoms with Crippen molar-refractivity contribution in [1.29, 1.82) is 0 Å². The van der Waals surface area contributed by atoms with E-state index >= 15 is 0 Å². The van der Waals surface area contributed by atoms with Crippen LogP contribution >= 0.6 is 0 Å². The number of non-ortho nitro benzene ring substituents is 1. The number of anilines is 2. The number of para-hydroxylation sites is 1. The third kappa shape index (κ3) is 4.67. The van der Waals surface area contributed by atoms with Crippen LogP contribution in [0.3, 0.4) is 0 Å². The van der Waals surface area contributed by atoms with E-state index in [1.54, 1.807) is 12.1 Å². The minimum absolute atomic E-state index is 0.0662. The summed E-state index contributed by atoms with van der Waals surface area (Å²) in [6, 6.07) is 12.6. The molecule has 0 bridgehead atoms. The van der Waals surface area contributed by atoms with Crippen LogP contribution in [0.2, 0.25) is 0 Å². The van der Waals surface area contributed by atoms with Gasteiger partial charge in [-0.25, -0.2) is 4.79 Å². The number of carbonyl (C=O) groups is 1. The summed E-state index contributed by atoms with van der Waals surface area (Å²) >= 11 is 0. The molecule has 1 saturated heterocycles. The van der Waals surface area contributed by atoms with Crippen LogP contribution in [0.1, 0.15) is 31.9 Å². The maximum absolute atomic E-state index is 12.9. The van der Waals surface area contributed by atoms with E-state index in [0.29, 0.717) is 26.2 Å². The topological polar surface area (TPSA) is 78.7 Å². The molecular weight excluding hydrogens is 368 g/mol. The number of carbonyl (C=O) groups excluding carboxylic acids is 1. The number of benzene rings is 2. The summed E-state index contributed by atoms with van der Waals surface area (Å²) in [5.74, 6) is 0. The molecule has 0 spiro atoms. The fraction of sp³-hybridized carbons (Fsp3) is 0.409. The average Bonchev–Trinajstić information content (AvgIpc) is 2.69. The second kappa shape index (κ2) is 8.11. The molecule has 0 atom stereocenters. The van der Waals surface area contributed by atoms with Crippen molar-refractivity contribution in [2.45, 2.75) is 33.1 Å². The van der Waals surface area contributed by atoms with Crippen molar-refractivity contribution in [3.8, 4) is 0 Å². The highest BCUT2D eigenvalue weighted by Gasteiger charge is 2.25. The van der Waals surface area contributed by atoms with E-state index in [9.17, 15) is 14.9 Å². The number of rotatable bonds is 3. The Labute approximate surface area is 171 Å². The molecular formula is C22H28N4O3. The van der Waals surface area contributed by atoms with Crippen molar-refractivity contribution >= 4 is 23.1 Å². The predicted molar refractivity (Wildman–Crippen MR) is 116 cm³/mol. The van der Waals surface area contributed by atoms with Gasteiger partial charge in [0.25, 0.3) is 5.69 Å². The van der Waals surface area contributed by atoms with E-state index in [2.05, 4.69) is 37.1 Å². The van der Waals surface area contributed by atoms with Crippen LogP contribution < -0.4 is 10.2 Å². The highest BCUT2D eigenvalue weighted by atomic mass is 16.6. The number of urea groups is 1. The molecule has 0 saturated carbocycles. The first-order chi connectivity index (χ1) is 13.7. The van der Waals surface area contributed by atoms with Crippen LogP contribution in [0.15, 0.2) is 42.5 Å². The van der Waals surface area contributed by atoms with Crippen molar-refractivity contribution in [3.05, 3.63) is 63.7 Å². The molecule has 0 unspecified atom stereocenters. The normalized spacial score (nSPS) is 14.6. The van der Waals surface area contributed by atoms with Crippen molar-refractivity contribution in [2.75, 3.05) is 36.4 Å². The molecule has 7 nitrogen and oxygen atoms in total. The number of amides is 2. The number of hydrogen-bond acceptors (Lipinski definition) is 4. The summed E-state index contributed by atoms with van der Waals surface area (Å²) in [6.07, 6.45) is 0. The maximum Gasteiger partial charge on any atom is 0.321 e. The fourth-order valence-corrected chi connectivity index (χ4v) is 3.60. The molecule has 1 aliphatic heterocycles. The Balaban J connectivity index is 1.65. The second-order valence-corrected chi connectivity index (χ2v) is 8.43. The standard InChI is InChI=1S/C22H28N4O3/c1-16-6-5-7-19(22(2,3)4)20(16)23-21(27)25-14-12-24(13-15-25)17-8-10-18(11-9-17)26(28)29/h5-11H,12-15H2,1-4H3,(H,23,27). The van der Waals surface area contributed by atoms with E-state index in [4.69, 9.17) is 0 Å². The van der Waals surface area contributed by atoms with Crippen molar-refractivity contribution in [3.63, 3.8) is 0 Å². The summed E-state index contributed by atoms with van der Waals surface area (Å²) in [5, 5.41) is 13.9. The third-order valence-corrected chi connectivity index (χ3v) is 5.31. The first-order valence-electron chi connectivity index (χ1n) is 9.82. The van der Waals surface area contributed by atoms with Crippen molar-refractivity contribution < 1.29 is 9.72 Å². The van der Waals surface area contributed by atoms with Gasteiger partial charge in [0.05, 0.1) is 4.92 Å². The third-order valence-electron chi connectivity index (χ3n) is 5.31. The van der Waals surface area contributed by atoms with Gasteiger partial charge >= 0.3 is 6.03 Å². The summed E-state index contributed by atoms with van der Waals surface area (Å²) < 4.78 is 0. The van der Waals surface area contributed by atoms with Crippen LogP contribution in [0.25, 0.3) is 0 Å². The first kappa shape index (κ1) is 20.6. The first-order valence-corrected chi connectivity index (χ1v) is 9.82. The van der Waals surface area contributed by atoms with Crippen molar-refractivity contribution in [2.24, 2.45) is 0 Å². The number of nitro benzene ring substituents is 1. The Bertz CT molecular complexity index is 895. The van der Waals surface area contributed by atoms with Crippen LogP contribution in [0.4, 0.5) is 21.9 Å². The van der Waals surface area contributed by atoms with Gasteiger partial charge in [0.15, 0.2) is 0 Å². The molecule has 0 radical (unpaired) electrons. The molecule has 1 heterocycles. The number of hydrogen-bond donors (Lipinski definition) is 1. The van der Waals surface area contributed by atoms with Crippen LogP contribution in [0, 0.1) is 17.0 Å². The van der Waals surface area contributed by atoms with Crippen LogP contribution in [-0.4, -0.2) is 42.0 Å². The summed E-state index contributed by atoms with van der Waals surface area (Å²) in [5.41, 5.74) is 4.01. The van der Waals surface area contributed by atoms with Gasteiger partial charge in [0, 0.05) is 49.7 Å². The average molecular weight is 396 g/mol. The smallest absolute Gasteiger partial charge is 0.321 e. The van der Waals surface area contributed by atoms with Gasteiger partial charge in [-0.15, -0.1) is 0 Å². The zero-order valence-corrected chi connectivity index (χ0v) is 17.4. The van der Waals surface area contributed by atoms with Gasteiger partial charge in [-0.05, 0) is 35.6 Å². The largest absolute Gasteiger partial charge is 0.368 e. The summed E-state index contributed by atoms with van der Waals surface area (Å²) in [6.45, 7) is 11.0. The fourth-order valence-electron chi connectivity index (χ4n) is 3.60. The Hall–Kier alpha value is -3.09. The molecule has 2 aromatic carbocycles. The quantitative estimate of drug-likeness (QED) is 0.610. The van der Waals surface area contributed by atoms with Gasteiger partial charge in [0.2, 0.25) is 0 Å². The summed E-state index contributed by atoms with van der Waals surface area (Å²) in [7, 11) is 0. The number of nitrogens with one attached hydrogen (secondary N) is 1. The number of nitro groups is 1. The van der Waals surface area contributed by atoms with Gasteiger partial charge in [0.1, 0.15) is 0 Å². The Morgan fingerprint density at radius 2 is 1.66 bits per heavy atom. The molecule has 1 N–H and O–H groups in total. The SMILES string of the molecule is Cc1cccc(C(C)(C)C)c1NC(=O)N1CCN(c2ccc([N+](=O)[O-])cc2)CC1. The van der Waals surface area contributed by atoms with Crippen LogP contribution in [0.5, 0.6) is 0 Å². The van der Waals surface area contributed by atoms with E-state index in [0.717, 1.165) is 22.5 Å². The van der Waals surface area contributed by atoms with E-state index in [-0.39, 0.29) is 17.1 Å². The minimum Gasteiger partial charge on any atom is -0.368 e. The molecule has 1 aliphatic rings. The van der Waals surface area contributed by atoms with Gasteiger partial charge < -0.3 is 15.1 Å². The molecule has 3 rings (SSSR count). The zero-order valence-electron chi connectivity index (χ0n) is 17.4. The predicted octanol–water partition coefficient (Wildman–Crippen LogP) is 4.55. The molecule has 2 amide bonds. The van der Waals surface area contributed by atoms with Gasteiger partial charge in [-0.2, -0.15) is 0 Å². The second-order valence-electron chi connectivity index (χ2n) is 8.43. The van der Waals surface area contributed by atoms with Crippen molar-refractivity contribution in [1.82, 2.24) is 4.90 Å². The Kier molecular flexibility index (Phi) is 5.77. The Morgan fingerprint density at radius 3 is 2.21 bits per heavy atom. The molecule has 7 heteroatoms. The Morgan fingerprint density at radius 1 is 1.03 bits per heavy atom. The van der Waals surface area contributed by atoms with E-state index in [1.807, 2.05) is 24.0 Å². The van der Waals surface area contributed by atoms with Gasteiger partial charge in [-0.3, -0.25) is 10.1 Å². The summed E-state index contributed by atoms with van der Waals surface area (Å²) in [4.78, 5) is 27.3. The maximum atomic E-state index is 12.9. The zero-order chi connectivity index (χ0) is 21.2. The number of nitrogens with zero attached hydrogens (tertiary/aromatic N) is 3. The lowest BCUT2D eigenvalue weighted by Crippen LogP contribution is -2.50. The number of piperazine rings is 1. The molecule has 154 valence electrons. The molecule has 1 fully saturated rings. The number of aryl methyl sites for hydroxylation is 1. The lowest BCUT2D eigenvalue weighted by atomic mass is 9.84. The van der Waals surface area contributed by atoms with Gasteiger partial charge in [-0.1, -0.05) is 39.0 Å². The van der Waals surface area contributed by atoms with E-state index < -0.39 is 4.92 Å². The molecule has 2 aromatic rings.